The standard InChI is InChI=1S/C20H33N3O2.HI/c1-6-24-15-16-11-12-23(14-16)19(21-5)22-13-17-9-7-8-10-18(17)25-20(2,3)4;/h7-10,16H,6,11-15H2,1-5H3,(H,21,22);1H. The van der Waals surface area contributed by atoms with Gasteiger partial charge in [-0.1, -0.05) is 18.2 Å². The maximum absolute atomic E-state index is 6.08. The van der Waals surface area contributed by atoms with Crippen molar-refractivity contribution in [3.8, 4) is 5.75 Å². The quantitative estimate of drug-likeness (QED) is 0.385. The third kappa shape index (κ3) is 7.31. The van der Waals surface area contributed by atoms with Crippen LogP contribution >= 0.6 is 24.0 Å². The Kier molecular flexibility index (Phi) is 9.71. The summed E-state index contributed by atoms with van der Waals surface area (Å²) in [4.78, 5) is 6.77. The lowest BCUT2D eigenvalue weighted by molar-refractivity contribution is 0.114. The van der Waals surface area contributed by atoms with Crippen LogP contribution in [0.15, 0.2) is 29.3 Å². The second kappa shape index (κ2) is 11.0. The first-order valence-corrected chi connectivity index (χ1v) is 9.23. The summed E-state index contributed by atoms with van der Waals surface area (Å²) >= 11 is 0. The molecule has 1 atom stereocenters. The van der Waals surface area contributed by atoms with Gasteiger partial charge in [0.05, 0.1) is 6.61 Å². The molecule has 0 aliphatic carbocycles. The van der Waals surface area contributed by atoms with Gasteiger partial charge in [0.25, 0.3) is 0 Å². The number of hydrogen-bond acceptors (Lipinski definition) is 3. The Morgan fingerprint density at radius 3 is 2.69 bits per heavy atom. The molecule has 0 radical (unpaired) electrons. The molecule has 2 rings (SSSR count). The summed E-state index contributed by atoms with van der Waals surface area (Å²) < 4.78 is 11.6. The van der Waals surface area contributed by atoms with Crippen LogP contribution in [0.1, 0.15) is 39.7 Å². The molecule has 0 spiro atoms. The third-order valence-corrected chi connectivity index (χ3v) is 4.18. The van der Waals surface area contributed by atoms with Gasteiger partial charge in [-0.3, -0.25) is 4.99 Å². The second-order valence-electron chi connectivity index (χ2n) is 7.48. The summed E-state index contributed by atoms with van der Waals surface area (Å²) in [5.74, 6) is 2.47. The Morgan fingerprint density at radius 1 is 1.31 bits per heavy atom. The van der Waals surface area contributed by atoms with E-state index in [2.05, 4.69) is 42.0 Å². The van der Waals surface area contributed by atoms with Crippen molar-refractivity contribution in [2.75, 3.05) is 33.4 Å². The van der Waals surface area contributed by atoms with E-state index in [0.29, 0.717) is 12.5 Å². The predicted molar refractivity (Wildman–Crippen MR) is 119 cm³/mol. The number of ether oxygens (including phenoxy) is 2. The lowest BCUT2D eigenvalue weighted by Crippen LogP contribution is -2.40. The highest BCUT2D eigenvalue weighted by Gasteiger charge is 2.25. The molecule has 1 aliphatic rings. The van der Waals surface area contributed by atoms with Crippen molar-refractivity contribution in [1.82, 2.24) is 10.2 Å². The number of aliphatic imine (C=N–C) groups is 1. The Hall–Kier alpha value is -1.02. The van der Waals surface area contributed by atoms with Crippen LogP contribution in [0.3, 0.4) is 0 Å². The van der Waals surface area contributed by atoms with E-state index >= 15 is 0 Å². The van der Waals surface area contributed by atoms with Crippen LogP contribution in [0, 0.1) is 5.92 Å². The van der Waals surface area contributed by atoms with E-state index in [1.54, 1.807) is 0 Å². The zero-order valence-corrected chi connectivity index (χ0v) is 19.1. The van der Waals surface area contributed by atoms with E-state index in [1.807, 2.05) is 32.2 Å². The van der Waals surface area contributed by atoms with Gasteiger partial charge >= 0.3 is 0 Å². The Bertz CT molecular complexity index is 572. The van der Waals surface area contributed by atoms with Crippen molar-refractivity contribution in [1.29, 1.82) is 0 Å². The molecular weight excluding hydrogens is 441 g/mol. The number of guanidine groups is 1. The Balaban J connectivity index is 0.00000338. The minimum Gasteiger partial charge on any atom is -0.488 e. The normalized spacial score (nSPS) is 17.8. The van der Waals surface area contributed by atoms with Crippen molar-refractivity contribution in [3.05, 3.63) is 29.8 Å². The first-order valence-electron chi connectivity index (χ1n) is 9.23. The Morgan fingerprint density at radius 2 is 2.04 bits per heavy atom. The van der Waals surface area contributed by atoms with Crippen LogP contribution in [0.2, 0.25) is 0 Å². The fourth-order valence-corrected chi connectivity index (χ4v) is 3.03. The Labute approximate surface area is 175 Å². The molecule has 0 bridgehead atoms. The van der Waals surface area contributed by atoms with Gasteiger partial charge < -0.3 is 19.7 Å². The molecule has 5 nitrogen and oxygen atoms in total. The average Bonchev–Trinajstić information content (AvgIpc) is 3.02. The van der Waals surface area contributed by atoms with Crippen LogP contribution in [-0.4, -0.2) is 49.8 Å². The van der Waals surface area contributed by atoms with Crippen LogP contribution < -0.4 is 10.1 Å². The van der Waals surface area contributed by atoms with E-state index in [1.165, 1.54) is 0 Å². The fraction of sp³-hybridized carbons (Fsp3) is 0.650. The highest BCUT2D eigenvalue weighted by atomic mass is 127. The molecule has 0 aromatic heterocycles. The number of hydrogen-bond donors (Lipinski definition) is 1. The summed E-state index contributed by atoms with van der Waals surface area (Å²) in [5, 5.41) is 3.49. The number of halogens is 1. The number of nitrogens with one attached hydrogen (secondary N) is 1. The first-order chi connectivity index (χ1) is 11.9. The van der Waals surface area contributed by atoms with Crippen molar-refractivity contribution in [2.24, 2.45) is 10.9 Å². The van der Waals surface area contributed by atoms with E-state index in [9.17, 15) is 0 Å². The van der Waals surface area contributed by atoms with Gasteiger partial charge in [-0.15, -0.1) is 24.0 Å². The minimum atomic E-state index is -0.209. The number of rotatable bonds is 6. The number of benzene rings is 1. The minimum absolute atomic E-state index is 0. The monoisotopic (exact) mass is 475 g/mol. The van der Waals surface area contributed by atoms with Crippen molar-refractivity contribution in [3.63, 3.8) is 0 Å². The van der Waals surface area contributed by atoms with Crippen molar-refractivity contribution >= 4 is 29.9 Å². The molecule has 26 heavy (non-hydrogen) atoms. The molecule has 1 heterocycles. The van der Waals surface area contributed by atoms with Crippen LogP contribution in [0.4, 0.5) is 0 Å². The van der Waals surface area contributed by atoms with Gasteiger partial charge in [0, 0.05) is 44.8 Å². The number of likely N-dealkylation sites (tertiary alicyclic amines) is 1. The third-order valence-electron chi connectivity index (χ3n) is 4.18. The predicted octanol–water partition coefficient (Wildman–Crippen LogP) is 3.92. The first kappa shape index (κ1) is 23.0. The maximum Gasteiger partial charge on any atom is 0.193 e. The molecule has 1 aromatic carbocycles. The van der Waals surface area contributed by atoms with Gasteiger partial charge in [0.15, 0.2) is 5.96 Å². The van der Waals surface area contributed by atoms with Crippen molar-refractivity contribution < 1.29 is 9.47 Å². The highest BCUT2D eigenvalue weighted by Crippen LogP contribution is 2.23. The van der Waals surface area contributed by atoms with Crippen molar-refractivity contribution in [2.45, 2.75) is 46.3 Å². The van der Waals surface area contributed by atoms with E-state index < -0.39 is 0 Å². The van der Waals surface area contributed by atoms with E-state index in [-0.39, 0.29) is 29.6 Å². The molecular formula is C20H34IN3O2. The molecule has 1 aromatic rings. The SMILES string of the molecule is CCOCC1CCN(C(=NC)NCc2ccccc2OC(C)(C)C)C1.I. The lowest BCUT2D eigenvalue weighted by Gasteiger charge is -2.25. The molecule has 1 N–H and O–H groups in total. The van der Waals surface area contributed by atoms with Gasteiger partial charge in [-0.25, -0.2) is 0 Å². The second-order valence-corrected chi connectivity index (χ2v) is 7.48. The molecule has 148 valence electrons. The van der Waals surface area contributed by atoms with Gasteiger partial charge in [0.1, 0.15) is 11.4 Å². The van der Waals surface area contributed by atoms with E-state index in [0.717, 1.165) is 50.0 Å². The molecule has 6 heteroatoms. The molecule has 1 fully saturated rings. The molecule has 0 saturated carbocycles. The van der Waals surface area contributed by atoms with Crippen LogP contribution in [0.25, 0.3) is 0 Å². The zero-order chi connectivity index (χ0) is 18.3. The van der Waals surface area contributed by atoms with Crippen LogP contribution in [-0.2, 0) is 11.3 Å². The van der Waals surface area contributed by atoms with Gasteiger partial charge in [0.2, 0.25) is 0 Å². The largest absolute Gasteiger partial charge is 0.488 e. The number of nitrogens with zero attached hydrogens (tertiary/aromatic N) is 2. The van der Waals surface area contributed by atoms with Gasteiger partial charge in [-0.2, -0.15) is 0 Å². The molecule has 1 unspecified atom stereocenters. The van der Waals surface area contributed by atoms with Gasteiger partial charge in [-0.05, 0) is 40.2 Å². The number of para-hydroxylation sites is 1. The summed E-state index contributed by atoms with van der Waals surface area (Å²) in [6.45, 7) is 12.6. The molecule has 1 saturated heterocycles. The zero-order valence-electron chi connectivity index (χ0n) is 16.7. The van der Waals surface area contributed by atoms with E-state index in [4.69, 9.17) is 9.47 Å². The van der Waals surface area contributed by atoms with Crippen LogP contribution in [0.5, 0.6) is 5.75 Å². The molecule has 1 aliphatic heterocycles. The molecule has 0 amide bonds. The fourth-order valence-electron chi connectivity index (χ4n) is 3.03. The summed E-state index contributed by atoms with van der Waals surface area (Å²) in [6.07, 6.45) is 1.16. The summed E-state index contributed by atoms with van der Waals surface area (Å²) in [7, 11) is 1.84. The maximum atomic E-state index is 6.08. The smallest absolute Gasteiger partial charge is 0.193 e. The summed E-state index contributed by atoms with van der Waals surface area (Å²) in [5.41, 5.74) is 0.933. The summed E-state index contributed by atoms with van der Waals surface area (Å²) in [6, 6.07) is 8.18. The topological polar surface area (TPSA) is 46.1 Å². The lowest BCUT2D eigenvalue weighted by atomic mass is 10.1. The highest BCUT2D eigenvalue weighted by molar-refractivity contribution is 14.0. The average molecular weight is 475 g/mol.